The van der Waals surface area contributed by atoms with Crippen molar-refractivity contribution in [3.63, 3.8) is 0 Å². The highest BCUT2D eigenvalue weighted by atomic mass is 35.5. The van der Waals surface area contributed by atoms with Gasteiger partial charge in [0.1, 0.15) is 12.6 Å². The number of nitrogens with zero attached hydrogens (tertiary/aromatic N) is 2. The Kier molecular flexibility index (Phi) is 10.2. The van der Waals surface area contributed by atoms with Crippen LogP contribution in [0.4, 0.5) is 33.3 Å². The second-order valence-corrected chi connectivity index (χ2v) is 11.5. The van der Waals surface area contributed by atoms with Gasteiger partial charge in [-0.3, -0.25) is 19.3 Å². The Morgan fingerprint density at radius 2 is 1.95 bits per heavy atom. The maximum absolute atomic E-state index is 14.0. The number of morpholine rings is 1. The van der Waals surface area contributed by atoms with Crippen LogP contribution in [0, 0.1) is 5.92 Å². The monoisotopic (exact) mass is 622 g/mol. The number of thiophene rings is 1. The third-order valence-electron chi connectivity index (χ3n) is 6.90. The van der Waals surface area contributed by atoms with E-state index in [2.05, 4.69) is 10.6 Å². The van der Waals surface area contributed by atoms with Crippen LogP contribution in [0.1, 0.15) is 40.9 Å². The lowest BCUT2D eigenvalue weighted by Gasteiger charge is -2.37. The minimum absolute atomic E-state index is 0.0291. The zero-order valence-corrected chi connectivity index (χ0v) is 23.3. The van der Waals surface area contributed by atoms with Crippen molar-refractivity contribution < 1.29 is 41.1 Å². The summed E-state index contributed by atoms with van der Waals surface area (Å²) in [5, 5.41) is 4.95. The maximum atomic E-state index is 14.0. The summed E-state index contributed by atoms with van der Waals surface area (Å²) in [6, 6.07) is 5.01. The van der Waals surface area contributed by atoms with E-state index in [4.69, 9.17) is 16.3 Å². The van der Waals surface area contributed by atoms with Gasteiger partial charge in [0.2, 0.25) is 5.91 Å². The zero-order chi connectivity index (χ0) is 29.7. The highest BCUT2D eigenvalue weighted by Gasteiger charge is 2.39. The molecule has 0 bridgehead atoms. The van der Waals surface area contributed by atoms with E-state index in [-0.39, 0.29) is 48.5 Å². The molecule has 1 aromatic heterocycles. The van der Waals surface area contributed by atoms with Crippen LogP contribution in [-0.4, -0.2) is 74.2 Å². The van der Waals surface area contributed by atoms with E-state index in [1.165, 1.54) is 24.3 Å². The van der Waals surface area contributed by atoms with E-state index in [9.17, 15) is 36.3 Å². The van der Waals surface area contributed by atoms with Crippen LogP contribution in [0.15, 0.2) is 30.3 Å². The molecule has 15 heteroatoms. The molecule has 0 spiro atoms. The summed E-state index contributed by atoms with van der Waals surface area (Å²) in [6.07, 6.45) is -5.36. The topological polar surface area (TPSA) is 91.0 Å². The molecule has 0 radical (unpaired) electrons. The third kappa shape index (κ3) is 8.37. The SMILES string of the molecule is O=C(NC[C@H](C(=O)Nc1ccc(N2CCOCC2=O)c(C(F)F)c1)N(CC1CCC1)CC(F)(F)F)c1ccc(Cl)s1. The van der Waals surface area contributed by atoms with Crippen molar-refractivity contribution in [1.82, 2.24) is 10.2 Å². The first-order chi connectivity index (χ1) is 19.4. The Labute approximate surface area is 241 Å². The predicted octanol–water partition coefficient (Wildman–Crippen LogP) is 5.10. The molecule has 2 N–H and O–H groups in total. The summed E-state index contributed by atoms with van der Waals surface area (Å²) in [7, 11) is 0. The lowest BCUT2D eigenvalue weighted by atomic mass is 9.84. The smallest absolute Gasteiger partial charge is 0.370 e. The fourth-order valence-electron chi connectivity index (χ4n) is 4.69. The normalized spacial score (nSPS) is 17.1. The average molecular weight is 623 g/mol. The molecule has 1 saturated carbocycles. The molecule has 0 unspecified atom stereocenters. The minimum Gasteiger partial charge on any atom is -0.370 e. The van der Waals surface area contributed by atoms with Gasteiger partial charge in [-0.25, -0.2) is 8.78 Å². The summed E-state index contributed by atoms with van der Waals surface area (Å²) in [6.45, 7) is -1.93. The van der Waals surface area contributed by atoms with Crippen molar-refractivity contribution in [3.05, 3.63) is 45.1 Å². The van der Waals surface area contributed by atoms with Crippen molar-refractivity contribution in [2.24, 2.45) is 5.92 Å². The second-order valence-electron chi connectivity index (χ2n) is 9.83. The summed E-state index contributed by atoms with van der Waals surface area (Å²) in [5.41, 5.74) is -0.667. The van der Waals surface area contributed by atoms with Gasteiger partial charge in [-0.05, 0) is 49.1 Å². The van der Waals surface area contributed by atoms with Crippen LogP contribution in [-0.2, 0) is 14.3 Å². The first-order valence-electron chi connectivity index (χ1n) is 12.9. The number of rotatable bonds is 11. The van der Waals surface area contributed by atoms with E-state index in [1.54, 1.807) is 0 Å². The standard InChI is InChI=1S/C26H28ClF5N4O4S/c27-21-7-6-20(41-21)25(39)33-11-19(35(14-26(30,31)32)12-15-2-1-3-15)24(38)34-16-4-5-18(17(10-16)23(28)29)36-8-9-40-13-22(36)37/h4-7,10,15,19,23H,1-3,8-9,11-14H2,(H,33,39)(H,34,38)/t19-/m1/s1. The second kappa shape index (κ2) is 13.4. The Balaban J connectivity index is 1.58. The molecule has 1 saturated heterocycles. The Morgan fingerprint density at radius 3 is 2.54 bits per heavy atom. The molecule has 1 aliphatic carbocycles. The van der Waals surface area contributed by atoms with E-state index < -0.39 is 55.0 Å². The summed E-state index contributed by atoms with van der Waals surface area (Å²) >= 11 is 6.84. The van der Waals surface area contributed by atoms with Gasteiger partial charge in [-0.15, -0.1) is 11.3 Å². The molecule has 4 rings (SSSR count). The molecule has 3 amide bonds. The fourth-order valence-corrected chi connectivity index (χ4v) is 5.65. The number of hydrogen-bond donors (Lipinski definition) is 2. The van der Waals surface area contributed by atoms with Gasteiger partial charge in [-0.2, -0.15) is 13.2 Å². The van der Waals surface area contributed by atoms with Crippen LogP contribution in [0.3, 0.4) is 0 Å². The lowest BCUT2D eigenvalue weighted by Crippen LogP contribution is -2.55. The predicted molar refractivity (Wildman–Crippen MR) is 144 cm³/mol. The first-order valence-corrected chi connectivity index (χ1v) is 14.1. The molecule has 1 atom stereocenters. The lowest BCUT2D eigenvalue weighted by molar-refractivity contribution is -0.155. The van der Waals surface area contributed by atoms with Gasteiger partial charge < -0.3 is 20.3 Å². The fraction of sp³-hybridized carbons (Fsp3) is 0.500. The van der Waals surface area contributed by atoms with Crippen molar-refractivity contribution in [2.45, 2.75) is 37.9 Å². The summed E-state index contributed by atoms with van der Waals surface area (Å²) < 4.78 is 74.1. The Bertz CT molecular complexity index is 1260. The zero-order valence-electron chi connectivity index (χ0n) is 21.7. The number of anilines is 2. The number of carbonyl (C=O) groups excluding carboxylic acids is 3. The van der Waals surface area contributed by atoms with Crippen molar-refractivity contribution in [3.8, 4) is 0 Å². The van der Waals surface area contributed by atoms with E-state index >= 15 is 0 Å². The molecule has 2 heterocycles. The van der Waals surface area contributed by atoms with E-state index in [1.807, 2.05) is 0 Å². The van der Waals surface area contributed by atoms with Crippen molar-refractivity contribution in [2.75, 3.05) is 49.6 Å². The summed E-state index contributed by atoms with van der Waals surface area (Å²) in [5.74, 6) is -2.07. The number of benzene rings is 1. The van der Waals surface area contributed by atoms with Gasteiger partial charge in [0, 0.05) is 30.9 Å². The van der Waals surface area contributed by atoms with Gasteiger partial charge >= 0.3 is 6.18 Å². The van der Waals surface area contributed by atoms with Crippen LogP contribution < -0.4 is 15.5 Å². The number of hydrogen-bond acceptors (Lipinski definition) is 6. The highest BCUT2D eigenvalue weighted by Crippen LogP contribution is 2.34. The quantitative estimate of drug-likeness (QED) is 0.340. The number of amides is 3. The largest absolute Gasteiger partial charge is 0.401 e. The van der Waals surface area contributed by atoms with E-state index in [0.717, 1.165) is 33.6 Å². The Hall–Kier alpha value is -2.81. The molecule has 224 valence electrons. The van der Waals surface area contributed by atoms with Crippen molar-refractivity contribution in [1.29, 1.82) is 0 Å². The maximum Gasteiger partial charge on any atom is 0.401 e. The van der Waals surface area contributed by atoms with Crippen LogP contribution in [0.5, 0.6) is 0 Å². The molecule has 41 heavy (non-hydrogen) atoms. The number of alkyl halides is 5. The van der Waals surface area contributed by atoms with Crippen LogP contribution >= 0.6 is 22.9 Å². The van der Waals surface area contributed by atoms with Gasteiger partial charge in [0.25, 0.3) is 18.2 Å². The molecule has 2 aromatic rings. The minimum atomic E-state index is -4.64. The molecule has 1 aromatic carbocycles. The molecule has 1 aliphatic heterocycles. The van der Waals surface area contributed by atoms with Crippen molar-refractivity contribution >= 4 is 52.0 Å². The first kappa shape index (κ1) is 31.1. The Morgan fingerprint density at radius 1 is 1.20 bits per heavy atom. The van der Waals surface area contributed by atoms with Crippen LogP contribution in [0.25, 0.3) is 0 Å². The summed E-state index contributed by atoms with van der Waals surface area (Å²) in [4.78, 5) is 40.6. The molecule has 2 aliphatic rings. The molecule has 2 fully saturated rings. The molecular weight excluding hydrogens is 595 g/mol. The third-order valence-corrected chi connectivity index (χ3v) is 8.13. The van der Waals surface area contributed by atoms with Gasteiger partial charge in [0.05, 0.1) is 28.1 Å². The molecule has 8 nitrogen and oxygen atoms in total. The van der Waals surface area contributed by atoms with Crippen LogP contribution in [0.2, 0.25) is 4.34 Å². The van der Waals surface area contributed by atoms with Gasteiger partial charge in [0.15, 0.2) is 0 Å². The highest BCUT2D eigenvalue weighted by molar-refractivity contribution is 7.18. The number of ether oxygens (including phenoxy) is 1. The molecular formula is C26H28ClF5N4O4S. The number of nitrogens with one attached hydrogen (secondary N) is 2. The van der Waals surface area contributed by atoms with E-state index in [0.29, 0.717) is 17.2 Å². The number of carbonyl (C=O) groups is 3. The number of halogens is 6. The van der Waals surface area contributed by atoms with Gasteiger partial charge in [-0.1, -0.05) is 18.0 Å². The average Bonchev–Trinajstić information content (AvgIpc) is 3.32.